The average molecular weight is 265 g/mol. The third kappa shape index (κ3) is 3.22. The van der Waals surface area contributed by atoms with Gasteiger partial charge in [0.25, 0.3) is 0 Å². The molecule has 1 heterocycles. The van der Waals surface area contributed by atoms with E-state index in [0.29, 0.717) is 0 Å². The maximum Gasteiger partial charge on any atom is 0.0464 e. The van der Waals surface area contributed by atoms with Crippen LogP contribution in [0.25, 0.3) is 0 Å². The van der Waals surface area contributed by atoms with E-state index in [4.69, 9.17) is 17.3 Å². The Hall–Kier alpha value is -1.03. The van der Waals surface area contributed by atoms with Gasteiger partial charge >= 0.3 is 0 Å². The largest absolute Gasteiger partial charge is 0.324 e. The quantitative estimate of drug-likeness (QED) is 0.914. The van der Waals surface area contributed by atoms with E-state index in [1.807, 2.05) is 37.3 Å². The minimum Gasteiger partial charge on any atom is -0.324 e. The van der Waals surface area contributed by atoms with Crippen LogP contribution in [0.5, 0.6) is 0 Å². The molecule has 2 aromatic rings. The van der Waals surface area contributed by atoms with Gasteiger partial charge in [-0.1, -0.05) is 29.4 Å². The number of pyridine rings is 1. The van der Waals surface area contributed by atoms with Gasteiger partial charge in [0.2, 0.25) is 0 Å². The number of aromatic nitrogens is 1. The van der Waals surface area contributed by atoms with Crippen LogP contribution in [0.2, 0.25) is 5.02 Å². The summed E-state index contributed by atoms with van der Waals surface area (Å²) in [6.45, 7) is 1.93. The fraction of sp³-hybridized carbons (Fsp3) is 0.154. The summed E-state index contributed by atoms with van der Waals surface area (Å²) in [5.41, 5.74) is 6.80. The highest BCUT2D eigenvalue weighted by Crippen LogP contribution is 2.31. The van der Waals surface area contributed by atoms with Gasteiger partial charge in [0, 0.05) is 33.2 Å². The molecule has 1 atom stereocenters. The fourth-order valence-electron chi connectivity index (χ4n) is 1.48. The summed E-state index contributed by atoms with van der Waals surface area (Å²) < 4.78 is 0. The van der Waals surface area contributed by atoms with Crippen molar-refractivity contribution < 1.29 is 0 Å². The van der Waals surface area contributed by atoms with Crippen LogP contribution >= 0.6 is 23.4 Å². The number of hydrogen-bond acceptors (Lipinski definition) is 3. The highest BCUT2D eigenvalue weighted by Gasteiger charge is 2.06. The number of rotatable bonds is 3. The molecule has 0 radical (unpaired) electrons. The SMILES string of the molecule is CC(N)c1ccc(Sc2ccncc2)cc1Cl. The molecular weight excluding hydrogens is 252 g/mol. The predicted octanol–water partition coefficient (Wildman–Crippen LogP) is 3.91. The second-order valence-electron chi connectivity index (χ2n) is 3.76. The first-order chi connectivity index (χ1) is 8.16. The van der Waals surface area contributed by atoms with Crippen LogP contribution in [0.3, 0.4) is 0 Å². The van der Waals surface area contributed by atoms with Crippen LogP contribution in [0, 0.1) is 0 Å². The van der Waals surface area contributed by atoms with Crippen molar-refractivity contribution in [1.82, 2.24) is 4.98 Å². The number of benzene rings is 1. The van der Waals surface area contributed by atoms with E-state index in [1.165, 1.54) is 0 Å². The summed E-state index contributed by atoms with van der Waals surface area (Å²) in [6.07, 6.45) is 3.56. The first-order valence-electron chi connectivity index (χ1n) is 5.30. The van der Waals surface area contributed by atoms with E-state index in [-0.39, 0.29) is 6.04 Å². The van der Waals surface area contributed by atoms with Crippen LogP contribution in [-0.2, 0) is 0 Å². The standard InChI is InChI=1S/C13H13ClN2S/c1-9(15)12-3-2-11(8-13(12)14)17-10-4-6-16-7-5-10/h2-9H,15H2,1H3. The normalized spacial score (nSPS) is 12.4. The maximum absolute atomic E-state index is 6.18. The van der Waals surface area contributed by atoms with E-state index in [0.717, 1.165) is 20.4 Å². The summed E-state index contributed by atoms with van der Waals surface area (Å²) in [6, 6.07) is 9.87. The van der Waals surface area contributed by atoms with Gasteiger partial charge in [0.05, 0.1) is 0 Å². The molecule has 0 aliphatic heterocycles. The van der Waals surface area contributed by atoms with Gasteiger partial charge in [0.15, 0.2) is 0 Å². The molecule has 0 spiro atoms. The van der Waals surface area contributed by atoms with Crippen molar-refractivity contribution >= 4 is 23.4 Å². The molecule has 0 amide bonds. The first-order valence-corrected chi connectivity index (χ1v) is 6.49. The van der Waals surface area contributed by atoms with Crippen LogP contribution in [0.4, 0.5) is 0 Å². The Morgan fingerprint density at radius 3 is 2.47 bits per heavy atom. The lowest BCUT2D eigenvalue weighted by molar-refractivity contribution is 0.817. The number of nitrogens with two attached hydrogens (primary N) is 1. The zero-order valence-corrected chi connectivity index (χ0v) is 11.0. The Kier molecular flexibility index (Phi) is 4.05. The Labute approximate surface area is 110 Å². The van der Waals surface area contributed by atoms with Crippen molar-refractivity contribution in [3.8, 4) is 0 Å². The molecule has 2 N–H and O–H groups in total. The van der Waals surface area contributed by atoms with Gasteiger partial charge in [0.1, 0.15) is 0 Å². The highest BCUT2D eigenvalue weighted by molar-refractivity contribution is 7.99. The second kappa shape index (κ2) is 5.54. The maximum atomic E-state index is 6.18. The minimum absolute atomic E-state index is 0.0394. The number of halogens is 1. The predicted molar refractivity (Wildman–Crippen MR) is 72.4 cm³/mol. The van der Waals surface area contributed by atoms with E-state index >= 15 is 0 Å². The van der Waals surface area contributed by atoms with Crippen molar-refractivity contribution in [3.05, 3.63) is 53.3 Å². The molecule has 1 aromatic carbocycles. The Morgan fingerprint density at radius 2 is 1.88 bits per heavy atom. The summed E-state index contributed by atoms with van der Waals surface area (Å²) in [5, 5.41) is 0.721. The third-order valence-electron chi connectivity index (χ3n) is 2.35. The van der Waals surface area contributed by atoms with Crippen LogP contribution in [0.15, 0.2) is 52.5 Å². The fourth-order valence-corrected chi connectivity index (χ4v) is 2.74. The number of nitrogens with zero attached hydrogens (tertiary/aromatic N) is 1. The lowest BCUT2D eigenvalue weighted by atomic mass is 10.1. The molecule has 2 nitrogen and oxygen atoms in total. The lowest BCUT2D eigenvalue weighted by Gasteiger charge is -2.09. The summed E-state index contributed by atoms with van der Waals surface area (Å²) in [5.74, 6) is 0. The average Bonchev–Trinajstić information content (AvgIpc) is 2.30. The van der Waals surface area contributed by atoms with Crippen LogP contribution < -0.4 is 5.73 Å². The molecule has 0 bridgehead atoms. The topological polar surface area (TPSA) is 38.9 Å². The molecule has 1 unspecified atom stereocenters. The molecule has 88 valence electrons. The number of hydrogen-bond donors (Lipinski definition) is 1. The van der Waals surface area contributed by atoms with E-state index < -0.39 is 0 Å². The van der Waals surface area contributed by atoms with E-state index in [1.54, 1.807) is 24.2 Å². The molecule has 0 saturated carbocycles. The zero-order chi connectivity index (χ0) is 12.3. The van der Waals surface area contributed by atoms with Crippen molar-refractivity contribution in [2.24, 2.45) is 5.73 Å². The molecule has 0 saturated heterocycles. The van der Waals surface area contributed by atoms with Gasteiger partial charge in [-0.2, -0.15) is 0 Å². The molecule has 2 rings (SSSR count). The zero-order valence-electron chi connectivity index (χ0n) is 9.43. The summed E-state index contributed by atoms with van der Waals surface area (Å²) >= 11 is 7.84. The lowest BCUT2D eigenvalue weighted by Crippen LogP contribution is -2.05. The molecule has 0 aliphatic carbocycles. The van der Waals surface area contributed by atoms with Gasteiger partial charge in [-0.05, 0) is 36.8 Å². The van der Waals surface area contributed by atoms with Gasteiger partial charge < -0.3 is 5.73 Å². The third-order valence-corrected chi connectivity index (χ3v) is 3.67. The second-order valence-corrected chi connectivity index (χ2v) is 5.31. The Bertz CT molecular complexity index is 500. The van der Waals surface area contributed by atoms with E-state index in [9.17, 15) is 0 Å². The van der Waals surface area contributed by atoms with Crippen molar-refractivity contribution in [1.29, 1.82) is 0 Å². The van der Waals surface area contributed by atoms with Crippen molar-refractivity contribution in [2.75, 3.05) is 0 Å². The van der Waals surface area contributed by atoms with E-state index in [2.05, 4.69) is 4.98 Å². The van der Waals surface area contributed by atoms with Gasteiger partial charge in [-0.15, -0.1) is 0 Å². The van der Waals surface area contributed by atoms with Gasteiger partial charge in [-0.25, -0.2) is 0 Å². The molecule has 1 aromatic heterocycles. The molecular formula is C13H13ClN2S. The highest BCUT2D eigenvalue weighted by atomic mass is 35.5. The van der Waals surface area contributed by atoms with Crippen LogP contribution in [-0.4, -0.2) is 4.98 Å². The monoisotopic (exact) mass is 264 g/mol. The van der Waals surface area contributed by atoms with Crippen molar-refractivity contribution in [3.63, 3.8) is 0 Å². The summed E-state index contributed by atoms with van der Waals surface area (Å²) in [4.78, 5) is 6.23. The van der Waals surface area contributed by atoms with Gasteiger partial charge in [-0.3, -0.25) is 4.98 Å². The minimum atomic E-state index is -0.0394. The Morgan fingerprint density at radius 1 is 1.18 bits per heavy atom. The van der Waals surface area contributed by atoms with Crippen LogP contribution in [0.1, 0.15) is 18.5 Å². The first kappa shape index (κ1) is 12.4. The molecule has 17 heavy (non-hydrogen) atoms. The summed E-state index contributed by atoms with van der Waals surface area (Å²) in [7, 11) is 0. The molecule has 4 heteroatoms. The van der Waals surface area contributed by atoms with Crippen molar-refractivity contribution in [2.45, 2.75) is 22.8 Å². The molecule has 0 aliphatic rings. The molecule has 0 fully saturated rings. The smallest absolute Gasteiger partial charge is 0.0464 e. The Balaban J connectivity index is 2.21.